The highest BCUT2D eigenvalue weighted by Gasteiger charge is 2.24. The fourth-order valence-corrected chi connectivity index (χ4v) is 3.67. The van der Waals surface area contributed by atoms with Crippen LogP contribution in [0.25, 0.3) is 11.5 Å². The lowest BCUT2D eigenvalue weighted by Gasteiger charge is -2.32. The van der Waals surface area contributed by atoms with Gasteiger partial charge in [0.25, 0.3) is 5.91 Å². The van der Waals surface area contributed by atoms with Crippen molar-refractivity contribution in [1.29, 1.82) is 0 Å². The Morgan fingerprint density at radius 2 is 1.84 bits per heavy atom. The van der Waals surface area contributed by atoms with Gasteiger partial charge in [-0.05, 0) is 36.4 Å². The topological polar surface area (TPSA) is 97.6 Å². The molecule has 0 radical (unpaired) electrons. The highest BCUT2D eigenvalue weighted by atomic mass is 35.5. The molecule has 0 bridgehead atoms. The van der Waals surface area contributed by atoms with Gasteiger partial charge >= 0.3 is 0 Å². The zero-order chi connectivity index (χ0) is 22.5. The standard InChI is InChI=1S/C23H23ClN4O4/c1-15-26-27-23(31-15)17-8-6-16(7-9-17)22(30)25-14-21(29)28-12-10-18(11-13-28)32-20-5-3-2-4-19(20)24/h2-9,18H,10-14H2,1H3,(H,25,30). The molecule has 0 saturated carbocycles. The second kappa shape index (κ2) is 9.82. The second-order valence-electron chi connectivity index (χ2n) is 7.51. The van der Waals surface area contributed by atoms with Crippen LogP contribution in [0.5, 0.6) is 5.75 Å². The first-order valence-corrected chi connectivity index (χ1v) is 10.7. The van der Waals surface area contributed by atoms with E-state index in [1.807, 2.05) is 18.2 Å². The lowest BCUT2D eigenvalue weighted by atomic mass is 10.1. The molecule has 0 aliphatic carbocycles. The van der Waals surface area contributed by atoms with Gasteiger partial charge in [-0.3, -0.25) is 9.59 Å². The molecule has 1 saturated heterocycles. The number of aromatic nitrogens is 2. The van der Waals surface area contributed by atoms with Gasteiger partial charge in [-0.2, -0.15) is 0 Å². The van der Waals surface area contributed by atoms with Crippen LogP contribution in [-0.2, 0) is 4.79 Å². The minimum atomic E-state index is -0.316. The molecule has 1 fully saturated rings. The van der Waals surface area contributed by atoms with Crippen LogP contribution in [0.3, 0.4) is 0 Å². The molecule has 166 valence electrons. The highest BCUT2D eigenvalue weighted by Crippen LogP contribution is 2.26. The summed E-state index contributed by atoms with van der Waals surface area (Å²) in [6.45, 7) is 2.80. The third-order valence-corrected chi connectivity index (χ3v) is 5.56. The van der Waals surface area contributed by atoms with Crippen LogP contribution in [0.1, 0.15) is 29.1 Å². The van der Waals surface area contributed by atoms with Crippen molar-refractivity contribution < 1.29 is 18.7 Å². The summed E-state index contributed by atoms with van der Waals surface area (Å²) in [5, 5.41) is 11.0. The molecule has 8 nitrogen and oxygen atoms in total. The van der Waals surface area contributed by atoms with Crippen LogP contribution in [0.2, 0.25) is 5.02 Å². The number of carbonyl (C=O) groups is 2. The largest absolute Gasteiger partial charge is 0.489 e. The number of nitrogens with zero attached hydrogens (tertiary/aromatic N) is 3. The van der Waals surface area contributed by atoms with Gasteiger partial charge in [0.05, 0.1) is 11.6 Å². The predicted octanol–water partition coefficient (Wildman–Crippen LogP) is 3.50. The molecule has 3 aromatic rings. The summed E-state index contributed by atoms with van der Waals surface area (Å²) in [6, 6.07) is 14.1. The minimum Gasteiger partial charge on any atom is -0.489 e. The van der Waals surface area contributed by atoms with Crippen LogP contribution in [0, 0.1) is 6.92 Å². The van der Waals surface area contributed by atoms with Crippen LogP contribution in [-0.4, -0.2) is 52.6 Å². The maximum atomic E-state index is 12.5. The summed E-state index contributed by atoms with van der Waals surface area (Å²) >= 11 is 6.14. The molecular formula is C23H23ClN4O4. The Labute approximate surface area is 190 Å². The summed E-state index contributed by atoms with van der Waals surface area (Å²) < 4.78 is 11.3. The van der Waals surface area contributed by atoms with E-state index in [-0.39, 0.29) is 24.5 Å². The van der Waals surface area contributed by atoms with E-state index in [2.05, 4.69) is 15.5 Å². The van der Waals surface area contributed by atoms with Crippen LogP contribution < -0.4 is 10.1 Å². The normalized spacial score (nSPS) is 14.2. The lowest BCUT2D eigenvalue weighted by Crippen LogP contribution is -2.46. The van der Waals surface area contributed by atoms with Crippen molar-refractivity contribution in [1.82, 2.24) is 20.4 Å². The number of halogens is 1. The fourth-order valence-electron chi connectivity index (χ4n) is 3.49. The highest BCUT2D eigenvalue weighted by molar-refractivity contribution is 6.32. The number of amides is 2. The smallest absolute Gasteiger partial charge is 0.251 e. The molecule has 1 aromatic heterocycles. The van der Waals surface area contributed by atoms with Gasteiger partial charge in [0.2, 0.25) is 17.7 Å². The van der Waals surface area contributed by atoms with Gasteiger partial charge in [-0.25, -0.2) is 0 Å². The summed E-state index contributed by atoms with van der Waals surface area (Å²) in [5.41, 5.74) is 1.17. The number of benzene rings is 2. The molecular weight excluding hydrogens is 432 g/mol. The molecule has 2 aromatic carbocycles. The monoisotopic (exact) mass is 454 g/mol. The van der Waals surface area contributed by atoms with E-state index in [0.717, 1.165) is 5.56 Å². The van der Waals surface area contributed by atoms with Gasteiger partial charge < -0.3 is 19.4 Å². The summed E-state index contributed by atoms with van der Waals surface area (Å²) in [5.74, 6) is 1.09. The van der Waals surface area contributed by atoms with Crippen molar-refractivity contribution in [2.45, 2.75) is 25.9 Å². The number of likely N-dealkylation sites (tertiary alicyclic amines) is 1. The third kappa shape index (κ3) is 5.26. The Bertz CT molecular complexity index is 1090. The first kappa shape index (κ1) is 21.8. The maximum Gasteiger partial charge on any atom is 0.251 e. The molecule has 2 heterocycles. The van der Waals surface area contributed by atoms with Crippen molar-refractivity contribution in [3.8, 4) is 17.2 Å². The minimum absolute atomic E-state index is 0.00898. The number of carbonyl (C=O) groups excluding carboxylic acids is 2. The number of hydrogen-bond acceptors (Lipinski definition) is 6. The van der Waals surface area contributed by atoms with E-state index >= 15 is 0 Å². The summed E-state index contributed by atoms with van der Waals surface area (Å²) in [7, 11) is 0. The van der Waals surface area contributed by atoms with Gasteiger partial charge in [0.1, 0.15) is 11.9 Å². The average molecular weight is 455 g/mol. The van der Waals surface area contributed by atoms with E-state index in [1.165, 1.54) is 0 Å². The number of hydrogen-bond donors (Lipinski definition) is 1. The molecule has 2 amide bonds. The zero-order valence-corrected chi connectivity index (χ0v) is 18.3. The zero-order valence-electron chi connectivity index (χ0n) is 17.6. The van der Waals surface area contributed by atoms with Gasteiger partial charge in [-0.1, -0.05) is 23.7 Å². The quantitative estimate of drug-likeness (QED) is 0.612. The maximum absolute atomic E-state index is 12.5. The van der Waals surface area contributed by atoms with Crippen molar-refractivity contribution in [2.75, 3.05) is 19.6 Å². The van der Waals surface area contributed by atoms with Crippen molar-refractivity contribution in [3.63, 3.8) is 0 Å². The Balaban J connectivity index is 1.23. The second-order valence-corrected chi connectivity index (χ2v) is 7.92. The first-order valence-electron chi connectivity index (χ1n) is 10.4. The van der Waals surface area contributed by atoms with Crippen molar-refractivity contribution in [3.05, 3.63) is 65.0 Å². The number of nitrogens with one attached hydrogen (secondary N) is 1. The summed E-state index contributed by atoms with van der Waals surface area (Å²) in [6.07, 6.45) is 1.43. The molecule has 0 atom stereocenters. The molecule has 4 rings (SSSR count). The third-order valence-electron chi connectivity index (χ3n) is 5.25. The Hall–Kier alpha value is -3.39. The molecule has 1 N–H and O–H groups in total. The van der Waals surface area contributed by atoms with E-state index in [9.17, 15) is 9.59 Å². The van der Waals surface area contributed by atoms with Gasteiger partial charge in [0.15, 0.2) is 0 Å². The number of ether oxygens (including phenoxy) is 1. The van der Waals surface area contributed by atoms with Crippen LogP contribution in [0.15, 0.2) is 52.9 Å². The molecule has 0 spiro atoms. The van der Waals surface area contributed by atoms with Crippen LogP contribution >= 0.6 is 11.6 Å². The Kier molecular flexibility index (Phi) is 6.70. The molecule has 0 unspecified atom stereocenters. The number of piperidine rings is 1. The number of para-hydroxylation sites is 1. The summed E-state index contributed by atoms with van der Waals surface area (Å²) in [4.78, 5) is 26.7. The molecule has 32 heavy (non-hydrogen) atoms. The van der Waals surface area contributed by atoms with Gasteiger partial charge in [0, 0.05) is 44.0 Å². The Morgan fingerprint density at radius 3 is 2.50 bits per heavy atom. The molecule has 1 aliphatic heterocycles. The number of rotatable bonds is 6. The van der Waals surface area contributed by atoms with Crippen molar-refractivity contribution >= 4 is 23.4 Å². The van der Waals surface area contributed by atoms with E-state index in [0.29, 0.717) is 54.0 Å². The number of aryl methyl sites for hydroxylation is 1. The predicted molar refractivity (Wildman–Crippen MR) is 118 cm³/mol. The van der Waals surface area contributed by atoms with Gasteiger partial charge in [-0.15, -0.1) is 10.2 Å². The SMILES string of the molecule is Cc1nnc(-c2ccc(C(=O)NCC(=O)N3CCC(Oc4ccccc4Cl)CC3)cc2)o1. The van der Waals surface area contributed by atoms with E-state index in [1.54, 1.807) is 42.2 Å². The van der Waals surface area contributed by atoms with Crippen LogP contribution in [0.4, 0.5) is 0 Å². The fraction of sp³-hybridized carbons (Fsp3) is 0.304. The lowest BCUT2D eigenvalue weighted by molar-refractivity contribution is -0.131. The van der Waals surface area contributed by atoms with E-state index < -0.39 is 0 Å². The van der Waals surface area contributed by atoms with Crippen molar-refractivity contribution in [2.24, 2.45) is 0 Å². The molecule has 1 aliphatic rings. The van der Waals surface area contributed by atoms with E-state index in [4.69, 9.17) is 20.8 Å². The Morgan fingerprint density at radius 1 is 1.12 bits per heavy atom. The molecule has 9 heteroatoms. The average Bonchev–Trinajstić information content (AvgIpc) is 3.25. The first-order chi connectivity index (χ1) is 15.5.